The van der Waals surface area contributed by atoms with Crippen LogP contribution in [0.15, 0.2) is 24.4 Å². The van der Waals surface area contributed by atoms with Gasteiger partial charge in [-0.05, 0) is 37.1 Å². The Morgan fingerprint density at radius 1 is 1.33 bits per heavy atom. The Morgan fingerprint density at radius 3 is 2.95 bits per heavy atom. The molecule has 0 aliphatic carbocycles. The van der Waals surface area contributed by atoms with E-state index < -0.39 is 0 Å². The molecule has 6 nitrogen and oxygen atoms in total. The van der Waals surface area contributed by atoms with Crippen LogP contribution in [0.2, 0.25) is 5.02 Å². The predicted octanol–water partition coefficient (Wildman–Crippen LogP) is 3.03. The Balaban J connectivity index is 2.00. The van der Waals surface area contributed by atoms with Gasteiger partial charge in [-0.25, -0.2) is 0 Å². The van der Waals surface area contributed by atoms with Gasteiger partial charge in [0.25, 0.3) is 0 Å². The van der Waals surface area contributed by atoms with Crippen LogP contribution in [0.3, 0.4) is 0 Å². The van der Waals surface area contributed by atoms with E-state index in [2.05, 4.69) is 25.8 Å². The molecule has 1 aromatic carbocycles. The van der Waals surface area contributed by atoms with Crippen LogP contribution in [-0.4, -0.2) is 35.4 Å². The first-order valence-corrected chi connectivity index (χ1v) is 7.02. The molecule has 112 valence electrons. The van der Waals surface area contributed by atoms with Gasteiger partial charge in [0.05, 0.1) is 6.20 Å². The maximum atomic E-state index is 5.94. The van der Waals surface area contributed by atoms with Gasteiger partial charge in [0.15, 0.2) is 5.82 Å². The van der Waals surface area contributed by atoms with Gasteiger partial charge < -0.3 is 15.4 Å². The zero-order valence-corrected chi connectivity index (χ0v) is 12.8. The number of halogens is 1. The summed E-state index contributed by atoms with van der Waals surface area (Å²) in [6, 6.07) is 5.63. The molecule has 0 radical (unpaired) electrons. The monoisotopic (exact) mass is 307 g/mol. The minimum atomic E-state index is 0.489. The second-order valence-corrected chi connectivity index (χ2v) is 4.96. The Bertz CT molecular complexity index is 593. The highest BCUT2D eigenvalue weighted by Crippen LogP contribution is 2.22. The molecular formula is C14H18ClN5O. The maximum absolute atomic E-state index is 5.94. The van der Waals surface area contributed by atoms with Crippen LogP contribution in [0.1, 0.15) is 12.0 Å². The van der Waals surface area contributed by atoms with E-state index in [1.165, 1.54) is 0 Å². The third-order valence-electron chi connectivity index (χ3n) is 2.82. The van der Waals surface area contributed by atoms with Crippen LogP contribution in [0.5, 0.6) is 0 Å². The zero-order valence-electron chi connectivity index (χ0n) is 12.1. The van der Waals surface area contributed by atoms with E-state index >= 15 is 0 Å². The maximum Gasteiger partial charge on any atom is 0.244 e. The Hall–Kier alpha value is -1.92. The molecule has 1 heterocycles. The van der Waals surface area contributed by atoms with Crippen molar-refractivity contribution in [2.24, 2.45) is 0 Å². The lowest BCUT2D eigenvalue weighted by molar-refractivity contribution is 0.197. The fourth-order valence-corrected chi connectivity index (χ4v) is 1.99. The van der Waals surface area contributed by atoms with Crippen molar-refractivity contribution in [2.75, 3.05) is 30.9 Å². The van der Waals surface area contributed by atoms with Gasteiger partial charge in [0.2, 0.25) is 5.95 Å². The minimum Gasteiger partial charge on any atom is -0.385 e. The molecular weight excluding hydrogens is 290 g/mol. The van der Waals surface area contributed by atoms with Crippen LogP contribution >= 0.6 is 11.6 Å². The number of hydrogen-bond acceptors (Lipinski definition) is 6. The fraction of sp³-hybridized carbons (Fsp3) is 0.357. The molecule has 0 saturated carbocycles. The summed E-state index contributed by atoms with van der Waals surface area (Å²) in [6.45, 7) is 3.41. The van der Waals surface area contributed by atoms with Gasteiger partial charge >= 0.3 is 0 Å². The molecule has 0 amide bonds. The van der Waals surface area contributed by atoms with Crippen molar-refractivity contribution in [3.63, 3.8) is 0 Å². The average Bonchev–Trinajstić information content (AvgIpc) is 2.47. The standard InChI is InChI=1S/C14H18ClN5O/c1-10-8-11(15)4-5-12(10)18-13-9-17-20-14(19-13)16-6-3-7-21-2/h4-5,8-9H,3,6-7H2,1-2H3,(H2,16,18,19,20). The number of benzene rings is 1. The Kier molecular flexibility index (Phi) is 5.71. The number of methoxy groups -OCH3 is 1. The number of anilines is 3. The molecule has 0 spiro atoms. The number of rotatable bonds is 7. The highest BCUT2D eigenvalue weighted by Gasteiger charge is 2.03. The van der Waals surface area contributed by atoms with Crippen LogP contribution in [-0.2, 0) is 4.74 Å². The number of hydrogen-bond donors (Lipinski definition) is 2. The van der Waals surface area contributed by atoms with Crippen molar-refractivity contribution >= 4 is 29.1 Å². The lowest BCUT2D eigenvalue weighted by Gasteiger charge is -2.10. The van der Waals surface area contributed by atoms with Crippen LogP contribution in [0, 0.1) is 6.92 Å². The molecule has 1 aromatic heterocycles. The number of nitrogens with one attached hydrogen (secondary N) is 2. The Labute approximate surface area is 128 Å². The van der Waals surface area contributed by atoms with E-state index in [1.807, 2.05) is 25.1 Å². The molecule has 0 bridgehead atoms. The second kappa shape index (κ2) is 7.75. The summed E-state index contributed by atoms with van der Waals surface area (Å²) in [5, 5.41) is 14.9. The first-order chi connectivity index (χ1) is 10.2. The van der Waals surface area contributed by atoms with Crippen LogP contribution < -0.4 is 10.6 Å². The van der Waals surface area contributed by atoms with Crippen molar-refractivity contribution in [2.45, 2.75) is 13.3 Å². The SMILES string of the molecule is COCCCNc1nncc(Nc2ccc(Cl)cc2C)n1. The number of aryl methyl sites for hydroxylation is 1. The normalized spacial score (nSPS) is 10.4. The van der Waals surface area contributed by atoms with Gasteiger partial charge in [-0.3, -0.25) is 0 Å². The van der Waals surface area contributed by atoms with E-state index in [0.29, 0.717) is 23.4 Å². The molecule has 2 N–H and O–H groups in total. The van der Waals surface area contributed by atoms with Gasteiger partial charge in [0.1, 0.15) is 0 Å². The quantitative estimate of drug-likeness (QED) is 0.766. The molecule has 0 fully saturated rings. The third kappa shape index (κ3) is 4.84. The predicted molar refractivity (Wildman–Crippen MR) is 84.3 cm³/mol. The molecule has 2 aromatic rings. The van der Waals surface area contributed by atoms with Gasteiger partial charge in [-0.1, -0.05) is 11.6 Å². The first kappa shape index (κ1) is 15.5. The molecule has 21 heavy (non-hydrogen) atoms. The van der Waals surface area contributed by atoms with Gasteiger partial charge in [-0.15, -0.1) is 5.10 Å². The highest BCUT2D eigenvalue weighted by molar-refractivity contribution is 6.30. The summed E-state index contributed by atoms with van der Waals surface area (Å²) >= 11 is 5.94. The van der Waals surface area contributed by atoms with Crippen LogP contribution in [0.4, 0.5) is 17.5 Å². The minimum absolute atomic E-state index is 0.489. The van der Waals surface area contributed by atoms with E-state index in [0.717, 1.165) is 24.2 Å². The largest absolute Gasteiger partial charge is 0.385 e. The number of nitrogens with zero attached hydrogens (tertiary/aromatic N) is 3. The topological polar surface area (TPSA) is 72.0 Å². The molecule has 0 aliphatic heterocycles. The number of aromatic nitrogens is 3. The molecule has 2 rings (SSSR count). The zero-order chi connectivity index (χ0) is 15.1. The second-order valence-electron chi connectivity index (χ2n) is 4.52. The lowest BCUT2D eigenvalue weighted by atomic mass is 10.2. The van der Waals surface area contributed by atoms with Crippen molar-refractivity contribution in [3.05, 3.63) is 35.0 Å². The van der Waals surface area contributed by atoms with Crippen molar-refractivity contribution in [1.82, 2.24) is 15.2 Å². The summed E-state index contributed by atoms with van der Waals surface area (Å²) in [5.41, 5.74) is 1.97. The van der Waals surface area contributed by atoms with Crippen molar-refractivity contribution < 1.29 is 4.74 Å². The lowest BCUT2D eigenvalue weighted by Crippen LogP contribution is -2.09. The van der Waals surface area contributed by atoms with Crippen molar-refractivity contribution in [1.29, 1.82) is 0 Å². The smallest absolute Gasteiger partial charge is 0.244 e. The summed E-state index contributed by atoms with van der Waals surface area (Å²) in [4.78, 5) is 4.36. The number of ether oxygens (including phenoxy) is 1. The molecule has 0 atom stereocenters. The first-order valence-electron chi connectivity index (χ1n) is 6.65. The van der Waals surface area contributed by atoms with E-state index in [-0.39, 0.29) is 0 Å². The fourth-order valence-electron chi connectivity index (χ4n) is 1.76. The van der Waals surface area contributed by atoms with Crippen molar-refractivity contribution in [3.8, 4) is 0 Å². The van der Waals surface area contributed by atoms with E-state index in [1.54, 1.807) is 13.3 Å². The average molecular weight is 308 g/mol. The summed E-state index contributed by atoms with van der Waals surface area (Å²) < 4.78 is 4.99. The van der Waals surface area contributed by atoms with Crippen LogP contribution in [0.25, 0.3) is 0 Å². The summed E-state index contributed by atoms with van der Waals surface area (Å²) in [5.74, 6) is 1.12. The molecule has 0 aliphatic rings. The highest BCUT2D eigenvalue weighted by atomic mass is 35.5. The van der Waals surface area contributed by atoms with Gasteiger partial charge in [-0.2, -0.15) is 10.1 Å². The van der Waals surface area contributed by atoms with E-state index in [4.69, 9.17) is 16.3 Å². The molecule has 7 heteroatoms. The summed E-state index contributed by atoms with van der Waals surface area (Å²) in [7, 11) is 1.68. The van der Waals surface area contributed by atoms with E-state index in [9.17, 15) is 0 Å². The summed E-state index contributed by atoms with van der Waals surface area (Å²) in [6.07, 6.45) is 2.46. The molecule has 0 saturated heterocycles. The van der Waals surface area contributed by atoms with Gasteiger partial charge in [0, 0.05) is 31.0 Å². The molecule has 0 unspecified atom stereocenters. The third-order valence-corrected chi connectivity index (χ3v) is 3.05. The Morgan fingerprint density at radius 2 is 2.19 bits per heavy atom.